The van der Waals surface area contributed by atoms with Gasteiger partial charge in [-0.1, -0.05) is 31.9 Å². The summed E-state index contributed by atoms with van der Waals surface area (Å²) in [4.78, 5) is 31.7. The maximum absolute atomic E-state index is 13.7. The lowest BCUT2D eigenvalue weighted by molar-refractivity contribution is -0.135. The first kappa shape index (κ1) is 27.1. The first-order valence-electron chi connectivity index (χ1n) is 12.6. The number of fused-ring (bicyclic) bond motifs is 1. The quantitative estimate of drug-likeness (QED) is 0.308. The first-order chi connectivity index (χ1) is 17.8. The Kier molecular flexibility index (Phi) is 8.87. The van der Waals surface area contributed by atoms with Gasteiger partial charge < -0.3 is 14.5 Å². The SMILES string of the molecule is CCC(C)CN(CC(=O)N1CCc2sccc2C1COc1ccc(Cl)c(C)c1)C(=O)c1ccc(F)cc1. The Bertz CT molecular complexity index is 1250. The molecule has 0 N–H and O–H groups in total. The molecular weight excluding hydrogens is 511 g/mol. The maximum atomic E-state index is 13.7. The van der Waals surface area contributed by atoms with Crippen molar-refractivity contribution in [2.75, 3.05) is 26.2 Å². The molecule has 3 aromatic rings. The second kappa shape index (κ2) is 12.1. The molecule has 37 heavy (non-hydrogen) atoms. The smallest absolute Gasteiger partial charge is 0.254 e. The van der Waals surface area contributed by atoms with Crippen LogP contribution in [0.25, 0.3) is 0 Å². The molecule has 0 bridgehead atoms. The maximum Gasteiger partial charge on any atom is 0.254 e. The molecule has 2 heterocycles. The van der Waals surface area contributed by atoms with E-state index in [1.54, 1.807) is 22.3 Å². The zero-order valence-corrected chi connectivity index (χ0v) is 22.9. The van der Waals surface area contributed by atoms with E-state index in [-0.39, 0.29) is 30.3 Å². The van der Waals surface area contributed by atoms with Crippen LogP contribution in [0.2, 0.25) is 5.02 Å². The van der Waals surface area contributed by atoms with Gasteiger partial charge in [-0.25, -0.2) is 4.39 Å². The molecular formula is C29H32ClFN2O3S. The number of carbonyl (C=O) groups is 2. The molecule has 2 atom stereocenters. The van der Waals surface area contributed by atoms with Gasteiger partial charge in [-0.2, -0.15) is 0 Å². The highest BCUT2D eigenvalue weighted by molar-refractivity contribution is 7.10. The van der Waals surface area contributed by atoms with Crippen LogP contribution >= 0.6 is 22.9 Å². The number of hydrogen-bond acceptors (Lipinski definition) is 4. The van der Waals surface area contributed by atoms with Crippen molar-refractivity contribution in [3.8, 4) is 5.75 Å². The number of benzene rings is 2. The minimum absolute atomic E-state index is 0.0451. The molecule has 1 aliphatic heterocycles. The number of aryl methyl sites for hydroxylation is 1. The Balaban J connectivity index is 1.54. The minimum atomic E-state index is -0.403. The monoisotopic (exact) mass is 542 g/mol. The van der Waals surface area contributed by atoms with E-state index in [1.807, 2.05) is 29.3 Å². The number of ether oxygens (including phenoxy) is 1. The zero-order chi connectivity index (χ0) is 26.5. The summed E-state index contributed by atoms with van der Waals surface area (Å²) >= 11 is 7.85. The number of nitrogens with zero attached hydrogens (tertiary/aromatic N) is 2. The predicted octanol–water partition coefficient (Wildman–Crippen LogP) is 6.54. The minimum Gasteiger partial charge on any atom is -0.491 e. The molecule has 4 rings (SSSR count). The van der Waals surface area contributed by atoms with Gasteiger partial charge >= 0.3 is 0 Å². The lowest BCUT2D eigenvalue weighted by Gasteiger charge is -2.37. The van der Waals surface area contributed by atoms with Crippen LogP contribution in [0.4, 0.5) is 4.39 Å². The highest BCUT2D eigenvalue weighted by atomic mass is 35.5. The van der Waals surface area contributed by atoms with Crippen molar-refractivity contribution < 1.29 is 18.7 Å². The fourth-order valence-electron chi connectivity index (χ4n) is 4.51. The molecule has 8 heteroatoms. The van der Waals surface area contributed by atoms with Crippen LogP contribution in [0.3, 0.4) is 0 Å². The number of hydrogen-bond donors (Lipinski definition) is 0. The Morgan fingerprint density at radius 2 is 1.97 bits per heavy atom. The molecule has 2 amide bonds. The number of thiophene rings is 1. The molecule has 0 aliphatic carbocycles. The van der Waals surface area contributed by atoms with Crippen LogP contribution in [0.15, 0.2) is 53.9 Å². The Morgan fingerprint density at radius 1 is 1.22 bits per heavy atom. The standard InChI is InChI=1S/C29H32ClFN2O3S/c1-4-19(2)16-32(29(35)21-5-7-22(31)8-6-21)17-28(34)33-13-11-27-24(12-14-37-27)26(33)18-36-23-9-10-25(30)20(3)15-23/h5-10,12,14-15,19,26H,4,11,13,16-18H2,1-3H3. The van der Waals surface area contributed by atoms with Crippen LogP contribution in [0.1, 0.15) is 52.7 Å². The summed E-state index contributed by atoms with van der Waals surface area (Å²) in [6, 6.07) is 12.8. The lowest BCUT2D eigenvalue weighted by Crippen LogP contribution is -2.48. The van der Waals surface area contributed by atoms with Crippen molar-refractivity contribution in [1.82, 2.24) is 9.80 Å². The molecule has 1 aliphatic rings. The van der Waals surface area contributed by atoms with Crippen molar-refractivity contribution in [3.05, 3.63) is 86.3 Å². The van der Waals surface area contributed by atoms with Crippen LogP contribution in [-0.2, 0) is 11.2 Å². The average Bonchev–Trinajstić information content (AvgIpc) is 3.38. The van der Waals surface area contributed by atoms with Gasteiger partial charge in [0.2, 0.25) is 5.91 Å². The fraction of sp³-hybridized carbons (Fsp3) is 0.379. The van der Waals surface area contributed by atoms with Gasteiger partial charge in [-0.15, -0.1) is 11.3 Å². The number of amides is 2. The van der Waals surface area contributed by atoms with E-state index in [0.29, 0.717) is 36.0 Å². The third-order valence-electron chi connectivity index (χ3n) is 6.89. The summed E-state index contributed by atoms with van der Waals surface area (Å²) < 4.78 is 19.6. The third-order valence-corrected chi connectivity index (χ3v) is 8.31. The van der Waals surface area contributed by atoms with E-state index in [2.05, 4.69) is 19.9 Å². The molecule has 0 radical (unpaired) electrons. The van der Waals surface area contributed by atoms with Gasteiger partial charge in [0.05, 0.1) is 6.04 Å². The van der Waals surface area contributed by atoms with E-state index in [4.69, 9.17) is 16.3 Å². The number of carbonyl (C=O) groups excluding carboxylic acids is 2. The van der Waals surface area contributed by atoms with Gasteiger partial charge in [0.1, 0.15) is 24.7 Å². The molecule has 1 aromatic heterocycles. The Hall–Kier alpha value is -2.90. The summed E-state index contributed by atoms with van der Waals surface area (Å²) in [5.41, 5.74) is 2.38. The molecule has 2 unspecified atom stereocenters. The normalized spacial score (nSPS) is 15.7. The van der Waals surface area contributed by atoms with Crippen molar-refractivity contribution in [1.29, 1.82) is 0 Å². The summed E-state index contributed by atoms with van der Waals surface area (Å²) in [5, 5.41) is 2.72. The molecule has 0 spiro atoms. The van der Waals surface area contributed by atoms with E-state index < -0.39 is 5.82 Å². The summed E-state index contributed by atoms with van der Waals surface area (Å²) in [7, 11) is 0. The summed E-state index contributed by atoms with van der Waals surface area (Å²) in [5.74, 6) is 0.110. The summed E-state index contributed by atoms with van der Waals surface area (Å²) in [6.07, 6.45) is 1.65. The molecule has 2 aromatic carbocycles. The van der Waals surface area contributed by atoms with Gasteiger partial charge in [0, 0.05) is 28.6 Å². The van der Waals surface area contributed by atoms with Gasteiger partial charge in [-0.3, -0.25) is 9.59 Å². The van der Waals surface area contributed by atoms with Crippen molar-refractivity contribution in [2.24, 2.45) is 5.92 Å². The average molecular weight is 543 g/mol. The lowest BCUT2D eigenvalue weighted by atomic mass is 10.00. The van der Waals surface area contributed by atoms with Crippen LogP contribution in [0.5, 0.6) is 5.75 Å². The third kappa shape index (κ3) is 6.51. The molecule has 0 saturated carbocycles. The van der Waals surface area contributed by atoms with E-state index >= 15 is 0 Å². The van der Waals surface area contributed by atoms with Gasteiger partial charge in [0.15, 0.2) is 0 Å². The highest BCUT2D eigenvalue weighted by Gasteiger charge is 2.34. The van der Waals surface area contributed by atoms with E-state index in [0.717, 1.165) is 24.0 Å². The van der Waals surface area contributed by atoms with Gasteiger partial charge in [-0.05, 0) is 84.3 Å². The zero-order valence-electron chi connectivity index (χ0n) is 21.4. The molecule has 0 fully saturated rings. The first-order valence-corrected chi connectivity index (χ1v) is 13.8. The van der Waals surface area contributed by atoms with E-state index in [9.17, 15) is 14.0 Å². The van der Waals surface area contributed by atoms with Gasteiger partial charge in [0.25, 0.3) is 5.91 Å². The Morgan fingerprint density at radius 3 is 2.68 bits per heavy atom. The highest BCUT2D eigenvalue weighted by Crippen LogP contribution is 2.34. The Labute approximate surface area is 226 Å². The number of halogens is 2. The van der Waals surface area contributed by atoms with Crippen molar-refractivity contribution in [3.63, 3.8) is 0 Å². The van der Waals surface area contributed by atoms with Crippen LogP contribution < -0.4 is 4.74 Å². The van der Waals surface area contributed by atoms with Crippen LogP contribution in [-0.4, -0.2) is 47.9 Å². The van der Waals surface area contributed by atoms with E-state index in [1.165, 1.54) is 29.1 Å². The molecule has 5 nitrogen and oxygen atoms in total. The number of rotatable bonds is 9. The van der Waals surface area contributed by atoms with Crippen molar-refractivity contribution >= 4 is 34.8 Å². The van der Waals surface area contributed by atoms with Crippen LogP contribution in [0, 0.1) is 18.7 Å². The predicted molar refractivity (Wildman–Crippen MR) is 146 cm³/mol. The summed E-state index contributed by atoms with van der Waals surface area (Å²) in [6.45, 7) is 7.29. The van der Waals surface area contributed by atoms with Crippen molar-refractivity contribution in [2.45, 2.75) is 39.7 Å². The topological polar surface area (TPSA) is 49.9 Å². The molecule has 0 saturated heterocycles. The fourth-order valence-corrected chi connectivity index (χ4v) is 5.56. The second-order valence-electron chi connectivity index (χ2n) is 9.58. The second-order valence-corrected chi connectivity index (χ2v) is 11.0. The molecule has 196 valence electrons. The largest absolute Gasteiger partial charge is 0.491 e.